The number of rotatable bonds is 6. The lowest BCUT2D eigenvalue weighted by atomic mass is 10.1. The molecule has 2 amide bonds. The number of carbonyl (C=O) groups excluding carboxylic acids is 2. The summed E-state index contributed by atoms with van der Waals surface area (Å²) in [7, 11) is 1.77. The molecule has 1 saturated heterocycles. The van der Waals surface area contributed by atoms with Gasteiger partial charge >= 0.3 is 0 Å². The minimum Gasteiger partial charge on any atom is -0.342 e. The number of hydrogen-bond donors (Lipinski definition) is 0. The summed E-state index contributed by atoms with van der Waals surface area (Å²) < 4.78 is 0. The molecular formula is C21H23ClN2O2. The summed E-state index contributed by atoms with van der Waals surface area (Å²) in [6.07, 6.45) is 1.10. The van der Waals surface area contributed by atoms with Crippen molar-refractivity contribution in [1.82, 2.24) is 9.80 Å². The molecule has 2 aromatic carbocycles. The van der Waals surface area contributed by atoms with Crippen molar-refractivity contribution in [2.75, 3.05) is 20.1 Å². The van der Waals surface area contributed by atoms with E-state index in [1.54, 1.807) is 16.8 Å². The van der Waals surface area contributed by atoms with E-state index in [1.165, 1.54) is 5.56 Å². The van der Waals surface area contributed by atoms with Gasteiger partial charge in [-0.1, -0.05) is 60.1 Å². The number of amides is 2. The second-order valence-corrected chi connectivity index (χ2v) is 7.17. The monoisotopic (exact) mass is 370 g/mol. The minimum absolute atomic E-state index is 0.000445. The molecule has 0 unspecified atom stereocenters. The van der Waals surface area contributed by atoms with Crippen molar-refractivity contribution < 1.29 is 9.59 Å². The average Bonchev–Trinajstić information content (AvgIpc) is 3.03. The van der Waals surface area contributed by atoms with E-state index in [2.05, 4.69) is 12.1 Å². The standard InChI is InChI=1S/C21H23ClN2O2/c1-23(14-17-9-5-6-10-19(17)22)21(26)18-13-20(25)24(15-18)12-11-16-7-3-2-4-8-16/h2-10,18H,11-15H2,1H3/t18-/m0/s1. The maximum absolute atomic E-state index is 12.7. The summed E-state index contributed by atoms with van der Waals surface area (Å²) in [5.41, 5.74) is 2.11. The Morgan fingerprint density at radius 3 is 2.58 bits per heavy atom. The molecule has 4 nitrogen and oxygen atoms in total. The van der Waals surface area contributed by atoms with Crippen LogP contribution in [0.3, 0.4) is 0 Å². The third-order valence-corrected chi connectivity index (χ3v) is 5.19. The largest absolute Gasteiger partial charge is 0.342 e. The molecule has 1 aliphatic heterocycles. The molecule has 5 heteroatoms. The Labute approximate surface area is 159 Å². The third-order valence-electron chi connectivity index (χ3n) is 4.82. The zero-order valence-electron chi connectivity index (χ0n) is 14.9. The number of nitrogens with zero attached hydrogens (tertiary/aromatic N) is 2. The molecule has 0 spiro atoms. The highest BCUT2D eigenvalue weighted by atomic mass is 35.5. The highest BCUT2D eigenvalue weighted by Gasteiger charge is 2.35. The van der Waals surface area contributed by atoms with Gasteiger partial charge in [0.1, 0.15) is 0 Å². The summed E-state index contributed by atoms with van der Waals surface area (Å²) in [5.74, 6) is -0.211. The zero-order valence-corrected chi connectivity index (χ0v) is 15.7. The van der Waals surface area contributed by atoms with E-state index >= 15 is 0 Å². The molecule has 1 aliphatic rings. The molecule has 1 fully saturated rings. The Morgan fingerprint density at radius 1 is 1.15 bits per heavy atom. The average molecular weight is 371 g/mol. The van der Waals surface area contributed by atoms with Crippen LogP contribution in [0.2, 0.25) is 5.02 Å². The van der Waals surface area contributed by atoms with Crippen LogP contribution < -0.4 is 0 Å². The number of halogens is 1. The smallest absolute Gasteiger partial charge is 0.228 e. The van der Waals surface area contributed by atoms with Gasteiger partial charge in [-0.3, -0.25) is 9.59 Å². The van der Waals surface area contributed by atoms with Gasteiger partial charge in [0.2, 0.25) is 11.8 Å². The molecule has 0 bridgehead atoms. The minimum atomic E-state index is -0.272. The van der Waals surface area contributed by atoms with Crippen LogP contribution in [0.1, 0.15) is 17.5 Å². The first-order valence-corrected chi connectivity index (χ1v) is 9.22. The molecule has 0 aliphatic carbocycles. The quantitative estimate of drug-likeness (QED) is 0.782. The number of hydrogen-bond acceptors (Lipinski definition) is 2. The lowest BCUT2D eigenvalue weighted by Gasteiger charge is -2.22. The molecule has 1 atom stereocenters. The zero-order chi connectivity index (χ0) is 18.5. The highest BCUT2D eigenvalue weighted by molar-refractivity contribution is 6.31. The van der Waals surface area contributed by atoms with Gasteiger partial charge in [0.25, 0.3) is 0 Å². The van der Waals surface area contributed by atoms with Crippen molar-refractivity contribution >= 4 is 23.4 Å². The molecule has 0 N–H and O–H groups in total. The first-order chi connectivity index (χ1) is 12.5. The summed E-state index contributed by atoms with van der Waals surface area (Å²) in [6.45, 7) is 1.60. The summed E-state index contributed by atoms with van der Waals surface area (Å²) in [4.78, 5) is 28.5. The summed E-state index contributed by atoms with van der Waals surface area (Å²) in [6, 6.07) is 17.6. The van der Waals surface area contributed by atoms with Crippen LogP contribution in [0.4, 0.5) is 0 Å². The van der Waals surface area contributed by atoms with Crippen molar-refractivity contribution in [2.45, 2.75) is 19.4 Å². The molecule has 0 saturated carbocycles. The Bertz CT molecular complexity index is 779. The lowest BCUT2D eigenvalue weighted by Crippen LogP contribution is -2.34. The first kappa shape index (κ1) is 18.5. The van der Waals surface area contributed by atoms with Crippen molar-refractivity contribution in [3.8, 4) is 0 Å². The number of carbonyl (C=O) groups is 2. The molecule has 3 rings (SSSR count). The molecule has 26 heavy (non-hydrogen) atoms. The fourth-order valence-corrected chi connectivity index (χ4v) is 3.53. The van der Waals surface area contributed by atoms with Crippen LogP contribution >= 0.6 is 11.6 Å². The van der Waals surface area contributed by atoms with Crippen molar-refractivity contribution in [3.05, 3.63) is 70.7 Å². The van der Waals surface area contributed by atoms with Crippen molar-refractivity contribution in [1.29, 1.82) is 0 Å². The maximum atomic E-state index is 12.7. The van der Waals surface area contributed by atoms with Gasteiger partial charge in [-0.15, -0.1) is 0 Å². The van der Waals surface area contributed by atoms with Crippen LogP contribution in [-0.2, 0) is 22.6 Å². The predicted molar refractivity (Wildman–Crippen MR) is 103 cm³/mol. The molecule has 2 aromatic rings. The van der Waals surface area contributed by atoms with Gasteiger partial charge in [0, 0.05) is 38.1 Å². The third kappa shape index (κ3) is 4.44. The van der Waals surface area contributed by atoms with E-state index < -0.39 is 0 Å². The van der Waals surface area contributed by atoms with E-state index in [0.717, 1.165) is 12.0 Å². The summed E-state index contributed by atoms with van der Waals surface area (Å²) >= 11 is 6.18. The Kier molecular flexibility index (Phi) is 5.94. The highest BCUT2D eigenvalue weighted by Crippen LogP contribution is 2.22. The predicted octanol–water partition coefficient (Wildman–Crippen LogP) is 3.39. The molecule has 136 valence electrons. The van der Waals surface area contributed by atoms with Gasteiger partial charge in [0.15, 0.2) is 0 Å². The van der Waals surface area contributed by atoms with Gasteiger partial charge in [-0.2, -0.15) is 0 Å². The first-order valence-electron chi connectivity index (χ1n) is 8.84. The van der Waals surface area contributed by atoms with Crippen molar-refractivity contribution in [2.24, 2.45) is 5.92 Å². The van der Waals surface area contributed by atoms with E-state index in [-0.39, 0.29) is 17.7 Å². The van der Waals surface area contributed by atoms with Crippen LogP contribution in [-0.4, -0.2) is 41.8 Å². The maximum Gasteiger partial charge on any atom is 0.228 e. The summed E-state index contributed by atoms with van der Waals surface area (Å²) in [5, 5.41) is 0.652. The lowest BCUT2D eigenvalue weighted by molar-refractivity contribution is -0.135. The SMILES string of the molecule is CN(Cc1ccccc1Cl)C(=O)[C@H]1CC(=O)N(CCc2ccccc2)C1. The molecular weight excluding hydrogens is 348 g/mol. The van der Waals surface area contributed by atoms with E-state index in [4.69, 9.17) is 11.6 Å². The van der Waals surface area contributed by atoms with Crippen LogP contribution in [0.25, 0.3) is 0 Å². The van der Waals surface area contributed by atoms with Crippen LogP contribution in [0, 0.1) is 5.92 Å². The Morgan fingerprint density at radius 2 is 1.85 bits per heavy atom. The number of benzene rings is 2. The fourth-order valence-electron chi connectivity index (χ4n) is 3.33. The molecule has 0 aromatic heterocycles. The van der Waals surface area contributed by atoms with Crippen LogP contribution in [0.15, 0.2) is 54.6 Å². The Balaban J connectivity index is 1.55. The normalized spacial score (nSPS) is 16.8. The fraction of sp³-hybridized carbons (Fsp3) is 0.333. The second kappa shape index (κ2) is 8.37. The van der Waals surface area contributed by atoms with E-state index in [1.807, 2.05) is 42.5 Å². The van der Waals surface area contributed by atoms with Gasteiger partial charge in [-0.05, 0) is 23.6 Å². The molecule has 1 heterocycles. The van der Waals surface area contributed by atoms with Gasteiger partial charge in [0.05, 0.1) is 5.92 Å². The Hall–Kier alpha value is -2.33. The van der Waals surface area contributed by atoms with E-state index in [0.29, 0.717) is 31.1 Å². The van der Waals surface area contributed by atoms with E-state index in [9.17, 15) is 9.59 Å². The van der Waals surface area contributed by atoms with Gasteiger partial charge < -0.3 is 9.80 Å². The van der Waals surface area contributed by atoms with Crippen molar-refractivity contribution in [3.63, 3.8) is 0 Å². The topological polar surface area (TPSA) is 40.6 Å². The second-order valence-electron chi connectivity index (χ2n) is 6.76. The van der Waals surface area contributed by atoms with Crippen LogP contribution in [0.5, 0.6) is 0 Å². The van der Waals surface area contributed by atoms with Gasteiger partial charge in [-0.25, -0.2) is 0 Å². The molecule has 0 radical (unpaired) electrons. The number of likely N-dealkylation sites (tertiary alicyclic amines) is 1.